The van der Waals surface area contributed by atoms with Gasteiger partial charge in [-0.1, -0.05) is 36.7 Å². The first-order valence-electron chi connectivity index (χ1n) is 7.85. The van der Waals surface area contributed by atoms with E-state index in [1.807, 2.05) is 31.2 Å². The van der Waals surface area contributed by atoms with Crippen LogP contribution in [-0.2, 0) is 4.74 Å². The van der Waals surface area contributed by atoms with Gasteiger partial charge in [0.2, 0.25) is 0 Å². The van der Waals surface area contributed by atoms with E-state index in [-0.39, 0.29) is 11.9 Å². The molecule has 6 heteroatoms. The van der Waals surface area contributed by atoms with E-state index in [9.17, 15) is 9.59 Å². The molecule has 1 N–H and O–H groups in total. The molecule has 1 aromatic heterocycles. The van der Waals surface area contributed by atoms with E-state index in [0.29, 0.717) is 27.8 Å². The van der Waals surface area contributed by atoms with Crippen molar-refractivity contribution >= 4 is 50.6 Å². The predicted octanol–water partition coefficient (Wildman–Crippen LogP) is 5.37. The molecule has 0 bridgehead atoms. The minimum Gasteiger partial charge on any atom is -0.462 e. The smallest absolute Gasteiger partial charge is 0.338 e. The first-order chi connectivity index (χ1) is 12.1. The van der Waals surface area contributed by atoms with E-state index in [0.717, 1.165) is 16.5 Å². The van der Waals surface area contributed by atoms with Gasteiger partial charge < -0.3 is 10.1 Å². The number of carbonyl (C=O) groups is 2. The normalized spacial score (nSPS) is 10.6. The van der Waals surface area contributed by atoms with Crippen LogP contribution in [0.5, 0.6) is 0 Å². The zero-order chi connectivity index (χ0) is 17.8. The lowest BCUT2D eigenvalue weighted by Gasteiger charge is -2.06. The SMILES string of the molecule is CCCOC(=O)c1ccc(NC(=O)c2sc3ccccc3c2Cl)cc1. The van der Waals surface area contributed by atoms with Crippen LogP contribution in [0.2, 0.25) is 5.02 Å². The monoisotopic (exact) mass is 373 g/mol. The quantitative estimate of drug-likeness (QED) is 0.611. The summed E-state index contributed by atoms with van der Waals surface area (Å²) in [6.07, 6.45) is 0.774. The number of esters is 1. The maximum Gasteiger partial charge on any atom is 0.338 e. The lowest BCUT2D eigenvalue weighted by atomic mass is 10.2. The third-order valence-corrected chi connectivity index (χ3v) is 5.23. The maximum atomic E-state index is 12.5. The number of fused-ring (bicyclic) bond motifs is 1. The van der Waals surface area contributed by atoms with Crippen LogP contribution in [-0.4, -0.2) is 18.5 Å². The van der Waals surface area contributed by atoms with Crippen molar-refractivity contribution in [3.63, 3.8) is 0 Å². The van der Waals surface area contributed by atoms with E-state index >= 15 is 0 Å². The number of amides is 1. The molecule has 3 aromatic rings. The summed E-state index contributed by atoms with van der Waals surface area (Å²) < 4.78 is 6.04. The molecule has 25 heavy (non-hydrogen) atoms. The van der Waals surface area contributed by atoms with Gasteiger partial charge in [-0.2, -0.15) is 0 Å². The van der Waals surface area contributed by atoms with Gasteiger partial charge in [0.25, 0.3) is 5.91 Å². The molecule has 4 nitrogen and oxygen atoms in total. The van der Waals surface area contributed by atoms with Crippen molar-refractivity contribution in [3.05, 3.63) is 64.0 Å². The molecule has 3 rings (SSSR count). The van der Waals surface area contributed by atoms with Gasteiger partial charge in [0, 0.05) is 15.8 Å². The highest BCUT2D eigenvalue weighted by Crippen LogP contribution is 2.35. The van der Waals surface area contributed by atoms with E-state index < -0.39 is 0 Å². The van der Waals surface area contributed by atoms with Crippen LogP contribution in [0.15, 0.2) is 48.5 Å². The number of hydrogen-bond acceptors (Lipinski definition) is 4. The van der Waals surface area contributed by atoms with Gasteiger partial charge in [-0.05, 0) is 36.8 Å². The van der Waals surface area contributed by atoms with Gasteiger partial charge in [0.1, 0.15) is 4.88 Å². The summed E-state index contributed by atoms with van der Waals surface area (Å²) in [5, 5.41) is 4.13. The average molecular weight is 374 g/mol. The molecule has 1 amide bonds. The van der Waals surface area contributed by atoms with E-state index in [4.69, 9.17) is 16.3 Å². The lowest BCUT2D eigenvalue weighted by Crippen LogP contribution is -2.11. The summed E-state index contributed by atoms with van der Waals surface area (Å²) in [5.74, 6) is -0.639. The lowest BCUT2D eigenvalue weighted by molar-refractivity contribution is 0.0505. The number of rotatable bonds is 5. The number of thiophene rings is 1. The fourth-order valence-corrected chi connectivity index (χ4v) is 3.73. The van der Waals surface area contributed by atoms with Crippen LogP contribution in [0.25, 0.3) is 10.1 Å². The van der Waals surface area contributed by atoms with E-state index in [2.05, 4.69) is 5.32 Å². The molecule has 0 radical (unpaired) electrons. The molecule has 0 saturated heterocycles. The average Bonchev–Trinajstić information content (AvgIpc) is 2.97. The largest absolute Gasteiger partial charge is 0.462 e. The van der Waals surface area contributed by atoms with Crippen molar-refractivity contribution in [2.45, 2.75) is 13.3 Å². The molecule has 0 aliphatic carbocycles. The summed E-state index contributed by atoms with van der Waals surface area (Å²) in [6, 6.07) is 14.2. The first-order valence-corrected chi connectivity index (χ1v) is 9.05. The van der Waals surface area contributed by atoms with E-state index in [1.54, 1.807) is 24.3 Å². The van der Waals surface area contributed by atoms with Crippen molar-refractivity contribution in [1.82, 2.24) is 0 Å². The first kappa shape index (κ1) is 17.5. The van der Waals surface area contributed by atoms with Crippen LogP contribution in [0.3, 0.4) is 0 Å². The second-order valence-corrected chi connectivity index (χ2v) is 6.84. The van der Waals surface area contributed by atoms with Crippen LogP contribution in [0, 0.1) is 0 Å². The number of benzene rings is 2. The summed E-state index contributed by atoms with van der Waals surface area (Å²) in [5.41, 5.74) is 1.04. The molecule has 0 unspecified atom stereocenters. The number of nitrogens with one attached hydrogen (secondary N) is 1. The third kappa shape index (κ3) is 3.83. The Morgan fingerprint density at radius 2 is 1.84 bits per heavy atom. The molecule has 0 aliphatic rings. The molecule has 0 spiro atoms. The third-order valence-electron chi connectivity index (χ3n) is 3.56. The van der Waals surface area contributed by atoms with Crippen molar-refractivity contribution in [2.24, 2.45) is 0 Å². The minimum atomic E-state index is -0.368. The standard InChI is InChI=1S/C19H16ClNO3S/c1-2-11-24-19(23)12-7-9-13(10-8-12)21-18(22)17-16(20)14-5-3-4-6-15(14)25-17/h3-10H,2,11H2,1H3,(H,21,22). The molecule has 1 heterocycles. The van der Waals surface area contributed by atoms with Gasteiger partial charge in [-0.25, -0.2) is 4.79 Å². The molecule has 0 fully saturated rings. The van der Waals surface area contributed by atoms with Gasteiger partial charge in [0.05, 0.1) is 17.2 Å². The second kappa shape index (κ2) is 7.68. The van der Waals surface area contributed by atoms with Crippen molar-refractivity contribution < 1.29 is 14.3 Å². The number of ether oxygens (including phenoxy) is 1. The van der Waals surface area contributed by atoms with Crippen molar-refractivity contribution in [3.8, 4) is 0 Å². The Hall–Kier alpha value is -2.37. The number of anilines is 1. The van der Waals surface area contributed by atoms with Gasteiger partial charge in [-0.15, -0.1) is 11.3 Å². The van der Waals surface area contributed by atoms with Crippen LogP contribution >= 0.6 is 22.9 Å². The van der Waals surface area contributed by atoms with Crippen LogP contribution in [0.4, 0.5) is 5.69 Å². The molecule has 0 atom stereocenters. The van der Waals surface area contributed by atoms with Crippen molar-refractivity contribution in [1.29, 1.82) is 0 Å². The number of hydrogen-bond donors (Lipinski definition) is 1. The Morgan fingerprint density at radius 1 is 1.12 bits per heavy atom. The van der Waals surface area contributed by atoms with Crippen LogP contribution in [0.1, 0.15) is 33.4 Å². The zero-order valence-corrected chi connectivity index (χ0v) is 15.1. The summed E-state index contributed by atoms with van der Waals surface area (Å²) >= 11 is 7.67. The zero-order valence-electron chi connectivity index (χ0n) is 13.5. The van der Waals surface area contributed by atoms with Crippen LogP contribution < -0.4 is 5.32 Å². The Balaban J connectivity index is 1.74. The summed E-state index contributed by atoms with van der Waals surface area (Å²) in [7, 11) is 0. The second-order valence-electron chi connectivity index (χ2n) is 5.41. The van der Waals surface area contributed by atoms with E-state index in [1.165, 1.54) is 11.3 Å². The van der Waals surface area contributed by atoms with Gasteiger partial charge >= 0.3 is 5.97 Å². The fraction of sp³-hybridized carbons (Fsp3) is 0.158. The predicted molar refractivity (Wildman–Crippen MR) is 102 cm³/mol. The van der Waals surface area contributed by atoms with Crippen molar-refractivity contribution in [2.75, 3.05) is 11.9 Å². The maximum absolute atomic E-state index is 12.5. The minimum absolute atomic E-state index is 0.271. The molecular weight excluding hydrogens is 358 g/mol. The molecule has 128 valence electrons. The highest BCUT2D eigenvalue weighted by atomic mass is 35.5. The highest BCUT2D eigenvalue weighted by Gasteiger charge is 2.17. The Kier molecular flexibility index (Phi) is 5.36. The fourth-order valence-electron chi connectivity index (χ4n) is 2.32. The summed E-state index contributed by atoms with van der Waals surface area (Å²) in [4.78, 5) is 24.7. The van der Waals surface area contributed by atoms with Gasteiger partial charge in [-0.3, -0.25) is 4.79 Å². The molecular formula is C19H16ClNO3S. The Morgan fingerprint density at radius 3 is 2.52 bits per heavy atom. The van der Waals surface area contributed by atoms with Gasteiger partial charge in [0.15, 0.2) is 0 Å². The molecule has 0 aliphatic heterocycles. The Bertz CT molecular complexity index is 918. The topological polar surface area (TPSA) is 55.4 Å². The number of carbonyl (C=O) groups excluding carboxylic acids is 2. The Labute approximate surface area is 154 Å². The summed E-state index contributed by atoms with van der Waals surface area (Å²) in [6.45, 7) is 2.33. The molecule has 2 aromatic carbocycles. The molecule has 0 saturated carbocycles. The highest BCUT2D eigenvalue weighted by molar-refractivity contribution is 7.21. The number of halogens is 1.